The summed E-state index contributed by atoms with van der Waals surface area (Å²) in [4.78, 5) is 43.9. The van der Waals surface area contributed by atoms with Crippen LogP contribution in [0, 0.1) is 11.8 Å². The van der Waals surface area contributed by atoms with Gasteiger partial charge in [0.05, 0.1) is 12.6 Å². The van der Waals surface area contributed by atoms with E-state index in [9.17, 15) is 23.2 Å². The molecule has 246 valence electrons. The molecule has 3 aliphatic rings. The third-order valence-electron chi connectivity index (χ3n) is 9.41. The van der Waals surface area contributed by atoms with Crippen LogP contribution in [0.3, 0.4) is 0 Å². The summed E-state index contributed by atoms with van der Waals surface area (Å²) in [5.41, 5.74) is 2.78. The molecule has 2 fully saturated rings. The van der Waals surface area contributed by atoms with Gasteiger partial charge in [0.25, 0.3) is 5.92 Å². The van der Waals surface area contributed by atoms with E-state index >= 15 is 0 Å². The van der Waals surface area contributed by atoms with Gasteiger partial charge in [-0.25, -0.2) is 8.78 Å². The monoisotopic (exact) mass is 658 g/mol. The van der Waals surface area contributed by atoms with Crippen molar-refractivity contribution in [2.45, 2.75) is 63.5 Å². The second-order valence-corrected chi connectivity index (χ2v) is 12.7. The van der Waals surface area contributed by atoms with Gasteiger partial charge in [0, 0.05) is 53.9 Å². The molecular formula is C33H37ClF2N4O6. The Morgan fingerprint density at radius 2 is 1.87 bits per heavy atom. The minimum absolute atomic E-state index is 0.00202. The van der Waals surface area contributed by atoms with Gasteiger partial charge in [-0.2, -0.15) is 0 Å². The number of halogens is 3. The smallest absolute Gasteiger partial charge is 0.287 e. The standard InChI is InChI=1S/C33H37ClF2N4O6/c34-24-11-12-28(45-17-25-23-8-3-4-9-27(23)46-38-25)30-22(24)13-15-40(26(30)16-39-14-5-10-29(39)42)32(44)21-7-2-1-6-20(21)31(43)37-18-33(35,36)19-41/h3-4,8-9,11-12,20-21,26,41H,1-2,5-7,10,13-19H2,(H,37,43)/t20-,21?,26-/m1/s1. The zero-order valence-corrected chi connectivity index (χ0v) is 26.1. The zero-order chi connectivity index (χ0) is 32.4. The number of likely N-dealkylation sites (tertiary alicyclic amines) is 1. The molecule has 3 heterocycles. The van der Waals surface area contributed by atoms with Crippen LogP contribution in [0.5, 0.6) is 5.75 Å². The normalized spacial score (nSPS) is 21.8. The van der Waals surface area contributed by atoms with Gasteiger partial charge in [0.1, 0.15) is 24.7 Å². The van der Waals surface area contributed by atoms with Crippen LogP contribution in [0.4, 0.5) is 8.78 Å². The van der Waals surface area contributed by atoms with E-state index in [-0.39, 0.29) is 25.0 Å². The number of carbonyl (C=O) groups excluding carboxylic acids is 3. The molecule has 1 saturated carbocycles. The Bertz CT molecular complexity index is 1620. The number of aliphatic hydroxyl groups is 1. The number of fused-ring (bicyclic) bond motifs is 2. The van der Waals surface area contributed by atoms with Gasteiger partial charge in [-0.1, -0.05) is 41.7 Å². The van der Waals surface area contributed by atoms with E-state index in [1.165, 1.54) is 0 Å². The number of aromatic nitrogens is 1. The van der Waals surface area contributed by atoms with E-state index in [1.807, 2.05) is 24.3 Å². The molecule has 0 bridgehead atoms. The summed E-state index contributed by atoms with van der Waals surface area (Å²) in [5.74, 6) is -5.35. The van der Waals surface area contributed by atoms with Crippen molar-refractivity contribution in [2.75, 3.05) is 32.8 Å². The molecule has 13 heteroatoms. The van der Waals surface area contributed by atoms with Crippen molar-refractivity contribution in [1.29, 1.82) is 0 Å². The minimum Gasteiger partial charge on any atom is -0.487 e. The summed E-state index contributed by atoms with van der Waals surface area (Å²) in [6.45, 7) is -1.20. The van der Waals surface area contributed by atoms with Crippen molar-refractivity contribution in [1.82, 2.24) is 20.3 Å². The van der Waals surface area contributed by atoms with E-state index < -0.39 is 42.9 Å². The zero-order valence-electron chi connectivity index (χ0n) is 25.4. The summed E-state index contributed by atoms with van der Waals surface area (Å²) in [5, 5.41) is 16.7. The highest BCUT2D eigenvalue weighted by Gasteiger charge is 2.44. The largest absolute Gasteiger partial charge is 0.487 e. The van der Waals surface area contributed by atoms with Crippen molar-refractivity contribution in [2.24, 2.45) is 11.8 Å². The number of nitrogens with one attached hydrogen (secondary N) is 1. The van der Waals surface area contributed by atoms with E-state index in [0.717, 1.165) is 17.4 Å². The average Bonchev–Trinajstić information content (AvgIpc) is 3.68. The second kappa shape index (κ2) is 13.5. The van der Waals surface area contributed by atoms with E-state index in [0.29, 0.717) is 79.2 Å². The second-order valence-electron chi connectivity index (χ2n) is 12.3. The first kappa shape index (κ1) is 32.2. The molecule has 0 radical (unpaired) electrons. The third kappa shape index (κ3) is 6.55. The number of aliphatic hydroxyl groups excluding tert-OH is 1. The van der Waals surface area contributed by atoms with Gasteiger partial charge in [0.15, 0.2) is 5.58 Å². The lowest BCUT2D eigenvalue weighted by Gasteiger charge is -2.43. The van der Waals surface area contributed by atoms with Crippen LogP contribution in [0.2, 0.25) is 5.02 Å². The Morgan fingerprint density at radius 1 is 1.09 bits per heavy atom. The fourth-order valence-electron chi connectivity index (χ4n) is 7.01. The summed E-state index contributed by atoms with van der Waals surface area (Å²) in [6, 6.07) is 10.4. The van der Waals surface area contributed by atoms with Crippen LogP contribution < -0.4 is 10.1 Å². The molecule has 1 aliphatic carbocycles. The molecule has 3 aromatic rings. The SMILES string of the molecule is O=C(NCC(F)(F)CO)[C@@H]1CCCCC1C(=O)N1CCc2c(Cl)ccc(OCc3noc4ccccc34)c2[C@H]1CN1CCCC1=O. The quantitative estimate of drug-likeness (QED) is 0.325. The summed E-state index contributed by atoms with van der Waals surface area (Å²) in [6.07, 6.45) is 3.81. The Kier molecular flexibility index (Phi) is 9.47. The Balaban J connectivity index is 1.31. The number of hydrogen-bond acceptors (Lipinski definition) is 7. The average molecular weight is 659 g/mol. The molecule has 3 amide bonds. The first-order chi connectivity index (χ1) is 22.2. The van der Waals surface area contributed by atoms with Crippen molar-refractivity contribution >= 4 is 40.3 Å². The summed E-state index contributed by atoms with van der Waals surface area (Å²) in [7, 11) is 0. The third-order valence-corrected chi connectivity index (χ3v) is 9.76. The van der Waals surface area contributed by atoms with Crippen LogP contribution in [0.15, 0.2) is 40.9 Å². The fourth-order valence-corrected chi connectivity index (χ4v) is 7.27. The highest BCUT2D eigenvalue weighted by Crippen LogP contribution is 2.43. The molecule has 6 rings (SSSR count). The lowest BCUT2D eigenvalue weighted by molar-refractivity contribution is -0.147. The molecule has 2 N–H and O–H groups in total. The number of hydrogen-bond donors (Lipinski definition) is 2. The maximum Gasteiger partial charge on any atom is 0.287 e. The maximum atomic E-state index is 14.4. The Labute approximate surface area is 270 Å². The van der Waals surface area contributed by atoms with Crippen LogP contribution in [-0.2, 0) is 27.4 Å². The first-order valence-electron chi connectivity index (χ1n) is 15.8. The van der Waals surface area contributed by atoms with Crippen LogP contribution >= 0.6 is 11.6 Å². The molecule has 46 heavy (non-hydrogen) atoms. The van der Waals surface area contributed by atoms with Crippen molar-refractivity contribution in [3.8, 4) is 5.75 Å². The predicted octanol–water partition coefficient (Wildman–Crippen LogP) is 4.66. The molecule has 2 aromatic carbocycles. The number of benzene rings is 2. The molecule has 0 spiro atoms. The van der Waals surface area contributed by atoms with E-state index in [1.54, 1.807) is 21.9 Å². The van der Waals surface area contributed by atoms with E-state index in [4.69, 9.17) is 26.0 Å². The van der Waals surface area contributed by atoms with Crippen LogP contribution in [0.25, 0.3) is 11.0 Å². The number of nitrogens with zero attached hydrogens (tertiary/aromatic N) is 3. The van der Waals surface area contributed by atoms with Crippen molar-refractivity contribution < 1.29 is 37.5 Å². The number of rotatable bonds is 10. The predicted molar refractivity (Wildman–Crippen MR) is 164 cm³/mol. The van der Waals surface area contributed by atoms with Gasteiger partial charge in [-0.3, -0.25) is 14.4 Å². The molecule has 3 atom stereocenters. The maximum absolute atomic E-state index is 14.4. The Morgan fingerprint density at radius 3 is 2.63 bits per heavy atom. The summed E-state index contributed by atoms with van der Waals surface area (Å²) >= 11 is 6.73. The van der Waals surface area contributed by atoms with Gasteiger partial charge < -0.3 is 29.5 Å². The number of carbonyl (C=O) groups is 3. The lowest BCUT2D eigenvalue weighted by atomic mass is 9.77. The summed E-state index contributed by atoms with van der Waals surface area (Å²) < 4.78 is 39.3. The van der Waals surface area contributed by atoms with Crippen LogP contribution in [-0.4, -0.2) is 76.5 Å². The van der Waals surface area contributed by atoms with Crippen molar-refractivity contribution in [3.05, 3.63) is 58.2 Å². The number of ether oxygens (including phenoxy) is 1. The highest BCUT2D eigenvalue weighted by atomic mass is 35.5. The molecule has 1 saturated heterocycles. The molecule has 1 aromatic heterocycles. The Hall–Kier alpha value is -3.77. The first-order valence-corrected chi connectivity index (χ1v) is 16.2. The topological polar surface area (TPSA) is 125 Å². The fraction of sp³-hybridized carbons (Fsp3) is 0.515. The van der Waals surface area contributed by atoms with Crippen molar-refractivity contribution in [3.63, 3.8) is 0 Å². The number of alkyl halides is 2. The molecule has 1 unspecified atom stereocenters. The van der Waals surface area contributed by atoms with Gasteiger partial charge >= 0.3 is 0 Å². The minimum atomic E-state index is -3.46. The van der Waals surface area contributed by atoms with Gasteiger partial charge in [0.2, 0.25) is 17.7 Å². The van der Waals surface area contributed by atoms with Crippen LogP contribution in [0.1, 0.15) is 61.4 Å². The molecule has 10 nitrogen and oxygen atoms in total. The van der Waals surface area contributed by atoms with Gasteiger partial charge in [-0.15, -0.1) is 0 Å². The molecular weight excluding hydrogens is 622 g/mol. The number of para-hydroxylation sites is 1. The highest BCUT2D eigenvalue weighted by molar-refractivity contribution is 6.31. The lowest BCUT2D eigenvalue weighted by Crippen LogP contribution is -2.51. The van der Waals surface area contributed by atoms with Gasteiger partial charge in [-0.05, 0) is 55.5 Å². The van der Waals surface area contributed by atoms with E-state index in [2.05, 4.69) is 10.5 Å². The molecule has 2 aliphatic heterocycles. The number of amides is 3.